The number of rotatable bonds is 3. The number of hydrogen-bond donors (Lipinski definition) is 1. The van der Waals surface area contributed by atoms with Crippen molar-refractivity contribution >= 4 is 17.4 Å². The molecule has 15 heavy (non-hydrogen) atoms. The van der Waals surface area contributed by atoms with Crippen LogP contribution >= 0.6 is 11.6 Å². The van der Waals surface area contributed by atoms with Crippen molar-refractivity contribution < 1.29 is 0 Å². The van der Waals surface area contributed by atoms with E-state index in [1.807, 2.05) is 18.2 Å². The monoisotopic (exact) mass is 220 g/mol. The highest BCUT2D eigenvalue weighted by Crippen LogP contribution is 2.06. The Morgan fingerprint density at radius 1 is 1.13 bits per heavy atom. The first-order valence-corrected chi connectivity index (χ1v) is 4.84. The zero-order chi connectivity index (χ0) is 10.5. The minimum atomic E-state index is 0.387. The lowest BCUT2D eigenvalue weighted by molar-refractivity contribution is 1.02. The fraction of sp³-hybridized carbons (Fsp3) is 0.100. The van der Waals surface area contributed by atoms with Crippen LogP contribution in [0, 0.1) is 0 Å². The summed E-state index contributed by atoms with van der Waals surface area (Å²) >= 11 is 5.62. The van der Waals surface area contributed by atoms with Gasteiger partial charge in [-0.3, -0.25) is 4.98 Å². The van der Waals surface area contributed by atoms with Crippen LogP contribution in [-0.2, 0) is 6.54 Å². The average Bonchev–Trinajstić information content (AvgIpc) is 2.30. The van der Waals surface area contributed by atoms with Crippen molar-refractivity contribution in [3.63, 3.8) is 0 Å². The number of halogens is 1. The fourth-order valence-electron chi connectivity index (χ4n) is 1.09. The fourth-order valence-corrected chi connectivity index (χ4v) is 1.18. The van der Waals surface area contributed by atoms with E-state index in [0.29, 0.717) is 17.5 Å². The van der Waals surface area contributed by atoms with E-state index in [1.54, 1.807) is 12.4 Å². The maximum Gasteiger partial charge on any atom is 0.147 e. The highest BCUT2D eigenvalue weighted by Gasteiger charge is 1.96. The molecule has 2 rings (SSSR count). The lowest BCUT2D eigenvalue weighted by Gasteiger charge is -2.03. The van der Waals surface area contributed by atoms with Crippen molar-refractivity contribution in [3.05, 3.63) is 47.6 Å². The largest absolute Gasteiger partial charge is 0.363 e. The van der Waals surface area contributed by atoms with E-state index in [-0.39, 0.29) is 0 Å². The summed E-state index contributed by atoms with van der Waals surface area (Å²) in [7, 11) is 0. The summed E-state index contributed by atoms with van der Waals surface area (Å²) in [6.07, 6.45) is 4.85. The van der Waals surface area contributed by atoms with Crippen molar-refractivity contribution in [3.8, 4) is 0 Å². The number of nitrogens with zero attached hydrogens (tertiary/aromatic N) is 3. The first-order chi connectivity index (χ1) is 7.34. The molecule has 1 N–H and O–H groups in total. The smallest absolute Gasteiger partial charge is 0.147 e. The molecule has 0 atom stereocenters. The second-order valence-electron chi connectivity index (χ2n) is 2.90. The summed E-state index contributed by atoms with van der Waals surface area (Å²) in [5, 5.41) is 3.48. The summed E-state index contributed by atoms with van der Waals surface area (Å²) in [6, 6.07) is 5.76. The van der Waals surface area contributed by atoms with Gasteiger partial charge in [-0.25, -0.2) is 9.97 Å². The van der Waals surface area contributed by atoms with Crippen LogP contribution in [0.25, 0.3) is 0 Å². The van der Waals surface area contributed by atoms with E-state index in [4.69, 9.17) is 11.6 Å². The van der Waals surface area contributed by atoms with Gasteiger partial charge in [-0.05, 0) is 12.1 Å². The molecule has 0 saturated heterocycles. The standard InChI is InChI=1S/C10H9ClN4/c11-9-6-15-10(7-13-9)14-5-8-3-1-2-4-12-8/h1-4,6-7H,5H2,(H,14,15). The molecular weight excluding hydrogens is 212 g/mol. The number of hydrogen-bond acceptors (Lipinski definition) is 4. The van der Waals surface area contributed by atoms with E-state index >= 15 is 0 Å². The third kappa shape index (κ3) is 2.89. The van der Waals surface area contributed by atoms with Crippen LogP contribution < -0.4 is 5.32 Å². The topological polar surface area (TPSA) is 50.7 Å². The van der Waals surface area contributed by atoms with Gasteiger partial charge in [0.25, 0.3) is 0 Å². The molecule has 0 aliphatic carbocycles. The van der Waals surface area contributed by atoms with Crippen molar-refractivity contribution in [1.82, 2.24) is 15.0 Å². The summed E-state index contributed by atoms with van der Waals surface area (Å²) in [5.41, 5.74) is 0.953. The van der Waals surface area contributed by atoms with Crippen molar-refractivity contribution in [2.45, 2.75) is 6.54 Å². The summed E-state index contributed by atoms with van der Waals surface area (Å²) in [5.74, 6) is 0.685. The first kappa shape index (κ1) is 9.86. The van der Waals surface area contributed by atoms with Gasteiger partial charge in [0.1, 0.15) is 11.0 Å². The second kappa shape index (κ2) is 4.70. The molecule has 0 bridgehead atoms. The Kier molecular flexibility index (Phi) is 3.09. The average molecular weight is 221 g/mol. The van der Waals surface area contributed by atoms with Gasteiger partial charge in [0.15, 0.2) is 0 Å². The predicted molar refractivity (Wildman–Crippen MR) is 58.6 cm³/mol. The minimum absolute atomic E-state index is 0.387. The molecule has 0 spiro atoms. The van der Waals surface area contributed by atoms with Crippen molar-refractivity contribution in [1.29, 1.82) is 0 Å². The third-order valence-corrected chi connectivity index (χ3v) is 1.99. The maximum absolute atomic E-state index is 5.62. The zero-order valence-corrected chi connectivity index (χ0v) is 8.65. The zero-order valence-electron chi connectivity index (χ0n) is 7.89. The summed E-state index contributed by atoms with van der Waals surface area (Å²) in [4.78, 5) is 12.1. The lowest BCUT2D eigenvalue weighted by atomic mass is 10.3. The van der Waals surface area contributed by atoms with Gasteiger partial charge in [-0.15, -0.1) is 0 Å². The number of nitrogens with one attached hydrogen (secondary N) is 1. The molecule has 0 unspecified atom stereocenters. The molecule has 0 fully saturated rings. The molecule has 5 heteroatoms. The van der Waals surface area contributed by atoms with Gasteiger partial charge >= 0.3 is 0 Å². The Labute approximate surface area is 92.4 Å². The Bertz CT molecular complexity index is 415. The van der Waals surface area contributed by atoms with Crippen molar-refractivity contribution in [2.75, 3.05) is 5.32 Å². The second-order valence-corrected chi connectivity index (χ2v) is 3.29. The number of anilines is 1. The minimum Gasteiger partial charge on any atom is -0.363 e. The van der Waals surface area contributed by atoms with E-state index in [1.165, 1.54) is 6.20 Å². The molecule has 2 aromatic rings. The molecule has 0 aromatic carbocycles. The van der Waals surface area contributed by atoms with Gasteiger partial charge in [-0.2, -0.15) is 0 Å². The van der Waals surface area contributed by atoms with E-state index in [9.17, 15) is 0 Å². The number of aromatic nitrogens is 3. The molecule has 2 aromatic heterocycles. The molecule has 0 aliphatic heterocycles. The molecule has 0 radical (unpaired) electrons. The van der Waals surface area contributed by atoms with Crippen LogP contribution in [0.1, 0.15) is 5.69 Å². The van der Waals surface area contributed by atoms with Crippen LogP contribution in [0.4, 0.5) is 5.82 Å². The molecular formula is C10H9ClN4. The third-order valence-electron chi connectivity index (χ3n) is 1.80. The van der Waals surface area contributed by atoms with Crippen molar-refractivity contribution in [2.24, 2.45) is 0 Å². The van der Waals surface area contributed by atoms with Gasteiger partial charge in [-0.1, -0.05) is 17.7 Å². The lowest BCUT2D eigenvalue weighted by Crippen LogP contribution is -2.02. The molecule has 2 heterocycles. The Hall–Kier alpha value is -1.68. The normalized spacial score (nSPS) is 9.93. The SMILES string of the molecule is Clc1cnc(NCc2ccccn2)cn1. The molecule has 0 saturated carbocycles. The highest BCUT2D eigenvalue weighted by atomic mass is 35.5. The van der Waals surface area contributed by atoms with Crippen LogP contribution in [0.2, 0.25) is 5.15 Å². The van der Waals surface area contributed by atoms with Gasteiger partial charge in [0.05, 0.1) is 24.6 Å². The van der Waals surface area contributed by atoms with E-state index in [2.05, 4.69) is 20.3 Å². The van der Waals surface area contributed by atoms with Gasteiger partial charge in [0.2, 0.25) is 0 Å². The van der Waals surface area contributed by atoms with Crippen LogP contribution in [-0.4, -0.2) is 15.0 Å². The Morgan fingerprint density at radius 3 is 2.73 bits per heavy atom. The van der Waals surface area contributed by atoms with Crippen LogP contribution in [0.5, 0.6) is 0 Å². The summed E-state index contributed by atoms with van der Waals surface area (Å²) < 4.78 is 0. The Balaban J connectivity index is 1.96. The Morgan fingerprint density at radius 2 is 2.07 bits per heavy atom. The molecule has 4 nitrogen and oxygen atoms in total. The summed E-state index contributed by atoms with van der Waals surface area (Å²) in [6.45, 7) is 0.622. The van der Waals surface area contributed by atoms with E-state index in [0.717, 1.165) is 5.69 Å². The van der Waals surface area contributed by atoms with Gasteiger partial charge < -0.3 is 5.32 Å². The van der Waals surface area contributed by atoms with Gasteiger partial charge in [0, 0.05) is 6.20 Å². The maximum atomic E-state index is 5.62. The molecule has 0 aliphatic rings. The van der Waals surface area contributed by atoms with Crippen LogP contribution in [0.3, 0.4) is 0 Å². The number of pyridine rings is 1. The molecule has 0 amide bonds. The predicted octanol–water partition coefficient (Wildman–Crippen LogP) is 2.14. The molecule has 76 valence electrons. The quantitative estimate of drug-likeness (QED) is 0.861. The highest BCUT2D eigenvalue weighted by molar-refractivity contribution is 6.29. The van der Waals surface area contributed by atoms with Crippen LogP contribution in [0.15, 0.2) is 36.8 Å². The first-order valence-electron chi connectivity index (χ1n) is 4.46. The van der Waals surface area contributed by atoms with E-state index < -0.39 is 0 Å².